The van der Waals surface area contributed by atoms with Gasteiger partial charge in [0.1, 0.15) is 18.0 Å². The van der Waals surface area contributed by atoms with Crippen LogP contribution in [0.3, 0.4) is 0 Å². The Morgan fingerprint density at radius 1 is 1.06 bits per heavy atom. The maximum Gasteiger partial charge on any atom is 0.218 e. The van der Waals surface area contributed by atoms with E-state index in [1.54, 1.807) is 6.33 Å². The number of aromatic nitrogens is 4. The van der Waals surface area contributed by atoms with E-state index in [-0.39, 0.29) is 17.4 Å². The van der Waals surface area contributed by atoms with Gasteiger partial charge in [-0.25, -0.2) is 36.5 Å². The fourth-order valence-corrected chi connectivity index (χ4v) is 6.26. The molecule has 0 bridgehead atoms. The summed E-state index contributed by atoms with van der Waals surface area (Å²) in [6.45, 7) is 4.83. The van der Waals surface area contributed by atoms with Crippen LogP contribution >= 0.6 is 0 Å². The molecule has 11 heteroatoms. The topological polar surface area (TPSA) is 84.2 Å². The summed E-state index contributed by atoms with van der Waals surface area (Å²) < 4.78 is 56.4. The van der Waals surface area contributed by atoms with Gasteiger partial charge in [0.05, 0.1) is 12.1 Å². The molecule has 4 heterocycles. The van der Waals surface area contributed by atoms with Gasteiger partial charge in [0.25, 0.3) is 0 Å². The van der Waals surface area contributed by atoms with Gasteiger partial charge >= 0.3 is 0 Å². The molecule has 31 heavy (non-hydrogen) atoms. The smallest absolute Gasteiger partial charge is 0.218 e. The average Bonchev–Trinajstić information content (AvgIpc) is 3.43. The highest BCUT2D eigenvalue weighted by atomic mass is 32.2. The number of hydrogen-bond acceptors (Lipinski definition) is 6. The average molecular weight is 448 g/mol. The molecule has 2 fully saturated rings. The number of rotatable bonds is 5. The molecule has 2 unspecified atom stereocenters. The van der Waals surface area contributed by atoms with Crippen molar-refractivity contribution in [1.82, 2.24) is 23.8 Å². The molecule has 0 aliphatic carbocycles. The predicted octanol–water partition coefficient (Wildman–Crippen LogP) is 2.02. The Bertz CT molecular complexity index is 1230. The van der Waals surface area contributed by atoms with E-state index in [1.807, 2.05) is 11.5 Å². The quantitative estimate of drug-likeness (QED) is 0.594. The lowest BCUT2D eigenvalue weighted by Gasteiger charge is -2.22. The Morgan fingerprint density at radius 3 is 2.52 bits per heavy atom. The van der Waals surface area contributed by atoms with Crippen LogP contribution in [0, 0.1) is 23.5 Å². The molecule has 2 aliphatic heterocycles. The first-order valence-corrected chi connectivity index (χ1v) is 11.8. The van der Waals surface area contributed by atoms with Crippen LogP contribution < -0.4 is 4.90 Å². The molecule has 0 radical (unpaired) electrons. The van der Waals surface area contributed by atoms with Crippen LogP contribution in [0.4, 0.5) is 14.6 Å². The second-order valence-corrected chi connectivity index (χ2v) is 10.1. The molecule has 0 N–H and O–H groups in total. The van der Waals surface area contributed by atoms with Crippen molar-refractivity contribution in [2.45, 2.75) is 19.2 Å². The van der Waals surface area contributed by atoms with Crippen LogP contribution in [0.15, 0.2) is 30.9 Å². The minimum atomic E-state index is -3.74. The van der Waals surface area contributed by atoms with E-state index in [0.29, 0.717) is 26.2 Å². The van der Waals surface area contributed by atoms with Gasteiger partial charge in [0, 0.05) is 38.3 Å². The lowest BCUT2D eigenvalue weighted by atomic mass is 10.0. The van der Waals surface area contributed by atoms with E-state index < -0.39 is 27.4 Å². The van der Waals surface area contributed by atoms with Crippen LogP contribution in [0.1, 0.15) is 12.5 Å². The second-order valence-electron chi connectivity index (χ2n) is 8.13. The lowest BCUT2D eigenvalue weighted by molar-refractivity contribution is 0.451. The van der Waals surface area contributed by atoms with Crippen LogP contribution in [0.5, 0.6) is 0 Å². The summed E-state index contributed by atoms with van der Waals surface area (Å²) in [5.41, 5.74) is 1.38. The molecular weight excluding hydrogens is 426 g/mol. The summed E-state index contributed by atoms with van der Waals surface area (Å²) >= 11 is 0. The van der Waals surface area contributed by atoms with E-state index >= 15 is 0 Å². The summed E-state index contributed by atoms with van der Waals surface area (Å²) in [7, 11) is -3.74. The SMILES string of the molecule is CCn1cnc2c(N3CC4CN(S(=O)(=O)Cc5cc(F)ccc5F)CC4C3)ncnc21. The maximum atomic E-state index is 13.9. The minimum absolute atomic E-state index is 0.144. The number of nitrogens with zero attached hydrogens (tertiary/aromatic N) is 6. The standard InChI is InChI=1S/C20H22F2N6O2S/c1-2-26-12-25-18-19(26)23-11-24-20(18)27-6-14-8-28(9-15(14)7-27)31(29,30)10-13-5-16(21)3-4-17(13)22/h3-5,11-12,14-15H,2,6-10H2,1H3. The molecule has 2 atom stereocenters. The first-order chi connectivity index (χ1) is 14.9. The molecule has 8 nitrogen and oxygen atoms in total. The number of halogens is 2. The first kappa shape index (κ1) is 20.3. The molecule has 5 rings (SSSR count). The van der Waals surface area contributed by atoms with Gasteiger partial charge in [-0.05, 0) is 37.0 Å². The van der Waals surface area contributed by atoms with E-state index in [9.17, 15) is 17.2 Å². The van der Waals surface area contributed by atoms with Gasteiger partial charge in [-0.2, -0.15) is 0 Å². The molecule has 2 aromatic heterocycles. The largest absolute Gasteiger partial charge is 0.354 e. The fraction of sp³-hybridized carbons (Fsp3) is 0.450. The van der Waals surface area contributed by atoms with Crippen molar-refractivity contribution >= 4 is 27.0 Å². The number of hydrogen-bond donors (Lipinski definition) is 0. The Labute approximate surface area is 178 Å². The van der Waals surface area contributed by atoms with Gasteiger partial charge in [-0.1, -0.05) is 0 Å². The van der Waals surface area contributed by atoms with Crippen LogP contribution in [0.25, 0.3) is 11.2 Å². The summed E-state index contributed by atoms with van der Waals surface area (Å²) in [4.78, 5) is 15.4. The predicted molar refractivity (Wildman–Crippen MR) is 111 cm³/mol. The molecule has 1 aromatic carbocycles. The number of benzene rings is 1. The Kier molecular flexibility index (Phi) is 4.89. The van der Waals surface area contributed by atoms with Gasteiger partial charge in [-0.3, -0.25) is 0 Å². The lowest BCUT2D eigenvalue weighted by Crippen LogP contribution is -2.34. The number of fused-ring (bicyclic) bond motifs is 2. The molecular formula is C20H22F2N6O2S. The number of imidazole rings is 1. The highest BCUT2D eigenvalue weighted by molar-refractivity contribution is 7.88. The summed E-state index contributed by atoms with van der Waals surface area (Å²) in [6.07, 6.45) is 3.28. The zero-order valence-corrected chi connectivity index (χ0v) is 17.8. The Morgan fingerprint density at radius 2 is 1.81 bits per heavy atom. The van der Waals surface area contributed by atoms with E-state index in [0.717, 1.165) is 41.7 Å². The molecule has 2 aliphatic rings. The van der Waals surface area contributed by atoms with Crippen molar-refractivity contribution in [2.75, 3.05) is 31.1 Å². The Hall–Kier alpha value is -2.66. The van der Waals surface area contributed by atoms with Crippen LogP contribution in [0.2, 0.25) is 0 Å². The van der Waals surface area contributed by atoms with Crippen molar-refractivity contribution in [3.63, 3.8) is 0 Å². The van der Waals surface area contributed by atoms with E-state index in [2.05, 4.69) is 19.9 Å². The highest BCUT2D eigenvalue weighted by Crippen LogP contribution is 2.36. The first-order valence-electron chi connectivity index (χ1n) is 10.2. The second kappa shape index (κ2) is 7.49. The third kappa shape index (κ3) is 3.55. The normalized spacial score (nSPS) is 21.8. The zero-order valence-electron chi connectivity index (χ0n) is 16.9. The van der Waals surface area contributed by atoms with Crippen molar-refractivity contribution < 1.29 is 17.2 Å². The molecule has 0 saturated carbocycles. The molecule has 3 aromatic rings. The van der Waals surface area contributed by atoms with Gasteiger partial charge in [-0.15, -0.1) is 0 Å². The third-order valence-corrected chi connectivity index (χ3v) is 7.97. The van der Waals surface area contributed by atoms with Crippen LogP contribution in [-0.4, -0.2) is 58.4 Å². The molecule has 0 amide bonds. The van der Waals surface area contributed by atoms with Crippen molar-refractivity contribution in [1.29, 1.82) is 0 Å². The van der Waals surface area contributed by atoms with E-state index in [4.69, 9.17) is 0 Å². The van der Waals surface area contributed by atoms with E-state index in [1.165, 1.54) is 10.6 Å². The molecule has 2 saturated heterocycles. The van der Waals surface area contributed by atoms with Crippen LogP contribution in [-0.2, 0) is 22.3 Å². The van der Waals surface area contributed by atoms with Crippen molar-refractivity contribution in [2.24, 2.45) is 11.8 Å². The highest BCUT2D eigenvalue weighted by Gasteiger charge is 2.44. The third-order valence-electron chi connectivity index (χ3n) is 6.21. The van der Waals surface area contributed by atoms with Crippen molar-refractivity contribution in [3.8, 4) is 0 Å². The number of aryl methyl sites for hydroxylation is 1. The Balaban J connectivity index is 1.31. The molecule has 0 spiro atoms. The van der Waals surface area contributed by atoms with Gasteiger partial charge in [0.15, 0.2) is 17.0 Å². The van der Waals surface area contributed by atoms with Crippen molar-refractivity contribution in [3.05, 3.63) is 48.1 Å². The number of sulfonamides is 1. The summed E-state index contributed by atoms with van der Waals surface area (Å²) in [5, 5.41) is 0. The minimum Gasteiger partial charge on any atom is -0.354 e. The molecule has 164 valence electrons. The summed E-state index contributed by atoms with van der Waals surface area (Å²) in [5.74, 6) is -0.850. The maximum absolute atomic E-state index is 13.9. The fourth-order valence-electron chi connectivity index (χ4n) is 4.62. The zero-order chi connectivity index (χ0) is 21.8. The monoisotopic (exact) mass is 448 g/mol. The summed E-state index contributed by atoms with van der Waals surface area (Å²) in [6, 6.07) is 2.88. The number of anilines is 1. The van der Waals surface area contributed by atoms with Gasteiger partial charge < -0.3 is 9.47 Å². The van der Waals surface area contributed by atoms with Gasteiger partial charge in [0.2, 0.25) is 10.0 Å².